The second-order valence-corrected chi connectivity index (χ2v) is 9.40. The van der Waals surface area contributed by atoms with Crippen LogP contribution >= 0.6 is 22.6 Å². The van der Waals surface area contributed by atoms with Crippen molar-refractivity contribution in [2.45, 2.75) is 26.2 Å². The number of nitrogens with one attached hydrogen (secondary N) is 2. The molecule has 9 nitrogen and oxygen atoms in total. The van der Waals surface area contributed by atoms with Crippen molar-refractivity contribution in [1.29, 1.82) is 0 Å². The van der Waals surface area contributed by atoms with Crippen molar-refractivity contribution in [3.05, 3.63) is 51.6 Å². The Kier molecular flexibility index (Phi) is 7.43. The fourth-order valence-electron chi connectivity index (χ4n) is 4.20. The highest BCUT2D eigenvalue weighted by Crippen LogP contribution is 2.23. The van der Waals surface area contributed by atoms with Crippen molar-refractivity contribution in [2.75, 3.05) is 31.5 Å². The van der Waals surface area contributed by atoms with Gasteiger partial charge in [-0.1, -0.05) is 6.92 Å². The molecular formula is C23H28IN7O2. The van der Waals surface area contributed by atoms with E-state index in [0.717, 1.165) is 53.0 Å². The van der Waals surface area contributed by atoms with Gasteiger partial charge in [0.15, 0.2) is 11.5 Å². The number of carbonyl (C=O) groups excluding carboxylic acids is 2. The van der Waals surface area contributed by atoms with Crippen LogP contribution < -0.4 is 16.4 Å². The van der Waals surface area contributed by atoms with Gasteiger partial charge in [-0.2, -0.15) is 0 Å². The minimum atomic E-state index is -0.293. The Bertz CT molecular complexity index is 1150. The summed E-state index contributed by atoms with van der Waals surface area (Å²) in [5, 5.41) is 6.43. The predicted molar refractivity (Wildman–Crippen MR) is 135 cm³/mol. The van der Waals surface area contributed by atoms with Crippen LogP contribution in [0.1, 0.15) is 35.7 Å². The molecule has 0 atom stereocenters. The second kappa shape index (κ2) is 10.5. The Hall–Kier alpha value is -2.73. The lowest BCUT2D eigenvalue weighted by molar-refractivity contribution is -0.119. The molecule has 0 aliphatic carbocycles. The number of piperidine rings is 1. The lowest BCUT2D eigenvalue weighted by atomic mass is 9.96. The maximum Gasteiger partial charge on any atom is 0.251 e. The van der Waals surface area contributed by atoms with Gasteiger partial charge in [0, 0.05) is 30.2 Å². The van der Waals surface area contributed by atoms with Gasteiger partial charge in [0.1, 0.15) is 3.70 Å². The highest BCUT2D eigenvalue weighted by molar-refractivity contribution is 14.1. The zero-order valence-electron chi connectivity index (χ0n) is 18.6. The Morgan fingerprint density at radius 3 is 2.76 bits per heavy atom. The van der Waals surface area contributed by atoms with E-state index in [1.807, 2.05) is 35.7 Å². The van der Waals surface area contributed by atoms with E-state index in [1.54, 1.807) is 12.4 Å². The van der Waals surface area contributed by atoms with Crippen molar-refractivity contribution >= 4 is 51.6 Å². The van der Waals surface area contributed by atoms with E-state index < -0.39 is 0 Å². The number of hydrogen-bond donors (Lipinski definition) is 3. The van der Waals surface area contributed by atoms with Gasteiger partial charge in [-0.25, -0.2) is 9.97 Å². The molecule has 3 aromatic rings. The molecule has 1 fully saturated rings. The number of likely N-dealkylation sites (tertiary alicyclic amines) is 1. The quantitative estimate of drug-likeness (QED) is 0.364. The number of nitrogens with zero attached hydrogens (tertiary/aromatic N) is 4. The minimum Gasteiger partial charge on any atom is -0.369 e. The Balaban J connectivity index is 1.38. The number of benzene rings is 1. The summed E-state index contributed by atoms with van der Waals surface area (Å²) >= 11 is 2.23. The topological polar surface area (TPSA) is 118 Å². The summed E-state index contributed by atoms with van der Waals surface area (Å²) in [5.41, 5.74) is 8.56. The van der Waals surface area contributed by atoms with Gasteiger partial charge in [-0.05, 0) is 84.6 Å². The molecule has 1 aliphatic rings. The fourth-order valence-corrected chi connectivity index (χ4v) is 4.73. The average Bonchev–Trinajstić information content (AvgIpc) is 3.20. The van der Waals surface area contributed by atoms with Crippen molar-refractivity contribution in [2.24, 2.45) is 11.7 Å². The SMILES string of the molecule is CCc1cc(Nc2nccn3c(I)cnc23)ccc1C(=O)NCC1CCN(CC(N)=O)CC1. The van der Waals surface area contributed by atoms with Crippen LogP contribution in [-0.2, 0) is 11.2 Å². The molecule has 3 heterocycles. The van der Waals surface area contributed by atoms with Crippen LogP contribution in [-0.4, -0.2) is 57.3 Å². The minimum absolute atomic E-state index is 0.0546. The van der Waals surface area contributed by atoms with E-state index in [2.05, 4.69) is 48.1 Å². The zero-order chi connectivity index (χ0) is 23.4. The molecule has 2 aromatic heterocycles. The van der Waals surface area contributed by atoms with Crippen molar-refractivity contribution in [3.63, 3.8) is 0 Å². The molecule has 1 saturated heterocycles. The predicted octanol–water partition coefficient (Wildman–Crippen LogP) is 2.57. The molecule has 0 unspecified atom stereocenters. The van der Waals surface area contributed by atoms with Crippen LogP contribution in [0, 0.1) is 9.62 Å². The molecule has 0 bridgehead atoms. The second-order valence-electron chi connectivity index (χ2n) is 8.30. The number of imidazole rings is 1. The van der Waals surface area contributed by atoms with Crippen LogP contribution in [0.25, 0.3) is 5.65 Å². The molecule has 4 N–H and O–H groups in total. The summed E-state index contributed by atoms with van der Waals surface area (Å²) in [6.07, 6.45) is 8.05. The molecule has 0 spiro atoms. The summed E-state index contributed by atoms with van der Waals surface area (Å²) in [4.78, 5) is 34.9. The first-order valence-corrected chi connectivity index (χ1v) is 12.2. The third kappa shape index (κ3) is 5.61. The van der Waals surface area contributed by atoms with E-state index in [1.165, 1.54) is 0 Å². The molecule has 2 amide bonds. The van der Waals surface area contributed by atoms with Crippen LogP contribution in [0.5, 0.6) is 0 Å². The molecule has 10 heteroatoms. The number of fused-ring (bicyclic) bond motifs is 1. The van der Waals surface area contributed by atoms with E-state index in [-0.39, 0.29) is 11.8 Å². The van der Waals surface area contributed by atoms with Gasteiger partial charge in [-0.3, -0.25) is 18.9 Å². The average molecular weight is 561 g/mol. The molecule has 174 valence electrons. The van der Waals surface area contributed by atoms with Crippen LogP contribution in [0.3, 0.4) is 0 Å². The van der Waals surface area contributed by atoms with Crippen molar-refractivity contribution in [1.82, 2.24) is 24.6 Å². The lowest BCUT2D eigenvalue weighted by Gasteiger charge is -2.31. The highest BCUT2D eigenvalue weighted by atomic mass is 127. The van der Waals surface area contributed by atoms with Gasteiger partial charge < -0.3 is 16.4 Å². The summed E-state index contributed by atoms with van der Waals surface area (Å²) in [5.74, 6) is 0.732. The van der Waals surface area contributed by atoms with Gasteiger partial charge in [-0.15, -0.1) is 0 Å². The molecule has 4 rings (SSSR count). The van der Waals surface area contributed by atoms with Gasteiger partial charge in [0.25, 0.3) is 5.91 Å². The Morgan fingerprint density at radius 2 is 2.03 bits per heavy atom. The summed E-state index contributed by atoms with van der Waals surface area (Å²) in [6.45, 7) is 4.65. The number of primary amides is 1. The van der Waals surface area contributed by atoms with Crippen LogP contribution in [0.2, 0.25) is 0 Å². The maximum atomic E-state index is 12.9. The van der Waals surface area contributed by atoms with Crippen LogP contribution in [0.4, 0.5) is 11.5 Å². The number of halogens is 1. The Labute approximate surface area is 206 Å². The van der Waals surface area contributed by atoms with Crippen LogP contribution in [0.15, 0.2) is 36.8 Å². The smallest absolute Gasteiger partial charge is 0.251 e. The highest BCUT2D eigenvalue weighted by Gasteiger charge is 2.21. The number of aryl methyl sites for hydroxylation is 1. The van der Waals surface area contributed by atoms with E-state index in [4.69, 9.17) is 5.73 Å². The number of rotatable bonds is 8. The first-order chi connectivity index (χ1) is 15.9. The number of amides is 2. The lowest BCUT2D eigenvalue weighted by Crippen LogP contribution is -2.42. The number of anilines is 2. The van der Waals surface area contributed by atoms with E-state index in [9.17, 15) is 9.59 Å². The number of hydrogen-bond acceptors (Lipinski definition) is 6. The molecule has 1 aliphatic heterocycles. The number of carbonyl (C=O) groups is 2. The first kappa shape index (κ1) is 23.4. The summed E-state index contributed by atoms with van der Waals surface area (Å²) in [6, 6.07) is 5.76. The molecule has 0 radical (unpaired) electrons. The summed E-state index contributed by atoms with van der Waals surface area (Å²) < 4.78 is 2.98. The first-order valence-electron chi connectivity index (χ1n) is 11.1. The standard InChI is InChI=1S/C23H28IN7O2/c1-2-16-11-17(29-21-22-27-13-19(24)31(22)10-7-26-21)3-4-18(16)23(33)28-12-15-5-8-30(9-6-15)14-20(25)32/h3-4,7,10-11,13,15H,2,5-6,8-9,12,14H2,1H3,(H2,25,32)(H,26,29)(H,28,33). The van der Waals surface area contributed by atoms with Gasteiger partial charge >= 0.3 is 0 Å². The third-order valence-electron chi connectivity index (χ3n) is 6.01. The number of aromatic nitrogens is 3. The molecule has 1 aromatic carbocycles. The van der Waals surface area contributed by atoms with Gasteiger partial charge in [0.2, 0.25) is 5.91 Å². The molecule has 0 saturated carbocycles. The zero-order valence-corrected chi connectivity index (χ0v) is 20.7. The van der Waals surface area contributed by atoms with Crippen molar-refractivity contribution in [3.8, 4) is 0 Å². The van der Waals surface area contributed by atoms with Gasteiger partial charge in [0.05, 0.1) is 12.7 Å². The molecule has 33 heavy (non-hydrogen) atoms. The largest absolute Gasteiger partial charge is 0.369 e. The monoisotopic (exact) mass is 561 g/mol. The summed E-state index contributed by atoms with van der Waals surface area (Å²) in [7, 11) is 0. The normalized spacial score (nSPS) is 15.0. The van der Waals surface area contributed by atoms with E-state index >= 15 is 0 Å². The van der Waals surface area contributed by atoms with E-state index in [0.29, 0.717) is 30.4 Å². The Morgan fingerprint density at radius 1 is 1.24 bits per heavy atom. The molecular weight excluding hydrogens is 533 g/mol. The maximum absolute atomic E-state index is 12.9. The van der Waals surface area contributed by atoms with Crippen molar-refractivity contribution < 1.29 is 9.59 Å². The number of nitrogens with two attached hydrogens (primary N) is 1. The third-order valence-corrected chi connectivity index (χ3v) is 6.81. The fraction of sp³-hybridized carbons (Fsp3) is 0.391.